The van der Waals surface area contributed by atoms with Gasteiger partial charge in [0.15, 0.2) is 0 Å². The fourth-order valence-corrected chi connectivity index (χ4v) is 6.35. The second-order valence-corrected chi connectivity index (χ2v) is 11.3. The Morgan fingerprint density at radius 3 is 2.29 bits per heavy atom. The highest BCUT2D eigenvalue weighted by molar-refractivity contribution is 7.92. The molecule has 4 aromatic rings. The van der Waals surface area contributed by atoms with E-state index in [0.29, 0.717) is 28.6 Å². The van der Waals surface area contributed by atoms with Gasteiger partial charge in [0.05, 0.1) is 35.6 Å². The maximum atomic E-state index is 13.3. The van der Waals surface area contributed by atoms with E-state index in [2.05, 4.69) is 5.32 Å². The van der Waals surface area contributed by atoms with E-state index < -0.39 is 10.0 Å². The average Bonchev–Trinajstić information content (AvgIpc) is 3.34. The molecule has 0 atom stereocenters. The molecule has 0 saturated carbocycles. The molecule has 38 heavy (non-hydrogen) atoms. The van der Waals surface area contributed by atoms with Crippen LogP contribution < -0.4 is 14.4 Å². The predicted octanol–water partition coefficient (Wildman–Crippen LogP) is 5.48. The van der Waals surface area contributed by atoms with E-state index in [1.165, 1.54) is 34.9 Å². The highest BCUT2D eigenvalue weighted by atomic mass is 32.2. The normalized spacial score (nSPS) is 11.2. The molecule has 0 spiro atoms. The van der Waals surface area contributed by atoms with Crippen LogP contribution in [0.1, 0.15) is 29.1 Å². The molecular formula is C28H28N2O6S2. The summed E-state index contributed by atoms with van der Waals surface area (Å²) in [6.07, 6.45) is 0.170. The zero-order valence-corrected chi connectivity index (χ0v) is 22.9. The molecule has 0 radical (unpaired) electrons. The minimum absolute atomic E-state index is 0.166. The van der Waals surface area contributed by atoms with Gasteiger partial charge in [-0.15, -0.1) is 11.3 Å². The molecule has 0 fully saturated rings. The van der Waals surface area contributed by atoms with Crippen LogP contribution in [0, 0.1) is 0 Å². The first-order chi connectivity index (χ1) is 18.2. The summed E-state index contributed by atoms with van der Waals surface area (Å²) in [7, 11) is -2.27. The van der Waals surface area contributed by atoms with Crippen LogP contribution in [-0.2, 0) is 26.0 Å². The standard InChI is InChI=1S/C28H28N2O6S2/c1-4-30(38(33,34)24-13-11-23(35-3)12-14-24)22-10-15-25-20(17-22)18-26(37-25)28(32)29-21-8-6-19(7-9-21)16-27(31)36-5-2/h6-15,17-18H,4-5,16H2,1-3H3,(H,29,32). The maximum absolute atomic E-state index is 13.3. The number of esters is 1. The number of amides is 1. The largest absolute Gasteiger partial charge is 0.497 e. The number of benzene rings is 3. The van der Waals surface area contributed by atoms with Gasteiger partial charge in [-0.3, -0.25) is 13.9 Å². The van der Waals surface area contributed by atoms with Crippen molar-refractivity contribution in [2.45, 2.75) is 25.2 Å². The highest BCUT2D eigenvalue weighted by Crippen LogP contribution is 2.32. The maximum Gasteiger partial charge on any atom is 0.310 e. The van der Waals surface area contributed by atoms with Crippen LogP contribution in [0.25, 0.3) is 10.1 Å². The molecule has 0 unspecified atom stereocenters. The lowest BCUT2D eigenvalue weighted by atomic mass is 10.1. The van der Waals surface area contributed by atoms with Gasteiger partial charge in [0.25, 0.3) is 15.9 Å². The Kier molecular flexibility index (Phi) is 8.33. The zero-order chi connectivity index (χ0) is 27.3. The molecule has 1 heterocycles. The molecule has 0 aliphatic rings. The van der Waals surface area contributed by atoms with Gasteiger partial charge >= 0.3 is 5.97 Å². The molecule has 1 aromatic heterocycles. The Morgan fingerprint density at radius 1 is 0.947 bits per heavy atom. The number of thiophene rings is 1. The SMILES string of the molecule is CCOC(=O)Cc1ccc(NC(=O)c2cc3cc(N(CC)S(=O)(=O)c4ccc(OC)cc4)ccc3s2)cc1. The number of rotatable bonds is 10. The summed E-state index contributed by atoms with van der Waals surface area (Å²) in [5.41, 5.74) is 1.90. The number of carbonyl (C=O) groups is 2. The van der Waals surface area contributed by atoms with Gasteiger partial charge < -0.3 is 14.8 Å². The first-order valence-corrected chi connectivity index (χ1v) is 14.3. The van der Waals surface area contributed by atoms with Gasteiger partial charge in [-0.1, -0.05) is 12.1 Å². The van der Waals surface area contributed by atoms with Crippen LogP contribution in [0.4, 0.5) is 11.4 Å². The number of sulfonamides is 1. The molecule has 0 aliphatic heterocycles. The Hall–Kier alpha value is -3.89. The number of nitrogens with one attached hydrogen (secondary N) is 1. The van der Waals surface area contributed by atoms with Crippen molar-refractivity contribution in [2.75, 3.05) is 29.9 Å². The van der Waals surface area contributed by atoms with Crippen LogP contribution in [0.2, 0.25) is 0 Å². The molecule has 8 nitrogen and oxygen atoms in total. The van der Waals surface area contributed by atoms with E-state index in [4.69, 9.17) is 9.47 Å². The quantitative estimate of drug-likeness (QED) is 0.261. The van der Waals surface area contributed by atoms with Gasteiger partial charge in [-0.05, 0) is 85.5 Å². The van der Waals surface area contributed by atoms with E-state index in [1.807, 2.05) is 6.07 Å². The lowest BCUT2D eigenvalue weighted by molar-refractivity contribution is -0.142. The first-order valence-electron chi connectivity index (χ1n) is 12.0. The van der Waals surface area contributed by atoms with Crippen molar-refractivity contribution in [1.82, 2.24) is 0 Å². The molecule has 0 aliphatic carbocycles. The fourth-order valence-electron chi connectivity index (χ4n) is 3.94. The van der Waals surface area contributed by atoms with E-state index in [0.717, 1.165) is 15.6 Å². The second kappa shape index (κ2) is 11.7. The van der Waals surface area contributed by atoms with Crippen molar-refractivity contribution in [2.24, 2.45) is 0 Å². The number of ether oxygens (including phenoxy) is 2. The van der Waals surface area contributed by atoms with E-state index in [9.17, 15) is 18.0 Å². The molecule has 10 heteroatoms. The van der Waals surface area contributed by atoms with Crippen molar-refractivity contribution in [1.29, 1.82) is 0 Å². The smallest absolute Gasteiger partial charge is 0.310 e. The van der Waals surface area contributed by atoms with Crippen LogP contribution in [0.3, 0.4) is 0 Å². The number of hydrogen-bond donors (Lipinski definition) is 1. The molecule has 0 saturated heterocycles. The number of fused-ring (bicyclic) bond motifs is 1. The molecule has 0 bridgehead atoms. The summed E-state index contributed by atoms with van der Waals surface area (Å²) in [5, 5.41) is 3.64. The highest BCUT2D eigenvalue weighted by Gasteiger charge is 2.24. The number of nitrogens with zero attached hydrogens (tertiary/aromatic N) is 1. The van der Waals surface area contributed by atoms with Crippen molar-refractivity contribution in [3.8, 4) is 5.75 Å². The summed E-state index contributed by atoms with van der Waals surface area (Å²) in [5.74, 6) is 0.00146. The third-order valence-corrected chi connectivity index (χ3v) is 8.84. The third-order valence-electron chi connectivity index (χ3n) is 5.81. The monoisotopic (exact) mass is 552 g/mol. The van der Waals surface area contributed by atoms with Crippen LogP contribution in [0.15, 0.2) is 77.7 Å². The Labute approximate surface area is 225 Å². The lowest BCUT2D eigenvalue weighted by Gasteiger charge is -2.23. The minimum atomic E-state index is -3.79. The lowest BCUT2D eigenvalue weighted by Crippen LogP contribution is -2.30. The number of methoxy groups -OCH3 is 1. The van der Waals surface area contributed by atoms with E-state index in [-0.39, 0.29) is 29.7 Å². The summed E-state index contributed by atoms with van der Waals surface area (Å²) < 4.78 is 38.9. The number of carbonyl (C=O) groups excluding carboxylic acids is 2. The van der Waals surface area contributed by atoms with Gasteiger partial charge in [0.1, 0.15) is 5.75 Å². The summed E-state index contributed by atoms with van der Waals surface area (Å²) in [6, 6.07) is 20.4. The van der Waals surface area contributed by atoms with Gasteiger partial charge in [-0.25, -0.2) is 8.42 Å². The molecule has 198 valence electrons. The molecular weight excluding hydrogens is 524 g/mol. The topological polar surface area (TPSA) is 102 Å². The van der Waals surface area contributed by atoms with Crippen molar-refractivity contribution in [3.63, 3.8) is 0 Å². The zero-order valence-electron chi connectivity index (χ0n) is 21.3. The minimum Gasteiger partial charge on any atom is -0.497 e. The molecule has 4 rings (SSSR count). The summed E-state index contributed by atoms with van der Waals surface area (Å²) >= 11 is 1.32. The Balaban J connectivity index is 1.52. The predicted molar refractivity (Wildman–Crippen MR) is 150 cm³/mol. The number of anilines is 2. The van der Waals surface area contributed by atoms with Crippen LogP contribution in [0.5, 0.6) is 5.75 Å². The van der Waals surface area contributed by atoms with Crippen molar-refractivity contribution >= 4 is 54.7 Å². The summed E-state index contributed by atoms with van der Waals surface area (Å²) in [6.45, 7) is 4.10. The second-order valence-electron chi connectivity index (χ2n) is 8.31. The van der Waals surface area contributed by atoms with Gasteiger partial charge in [0.2, 0.25) is 0 Å². The molecule has 3 aromatic carbocycles. The van der Waals surface area contributed by atoms with Crippen LogP contribution in [-0.4, -0.2) is 40.6 Å². The molecule has 1 N–H and O–H groups in total. The van der Waals surface area contributed by atoms with Crippen LogP contribution >= 0.6 is 11.3 Å². The van der Waals surface area contributed by atoms with Crippen molar-refractivity contribution < 1.29 is 27.5 Å². The Morgan fingerprint density at radius 2 is 1.66 bits per heavy atom. The first kappa shape index (κ1) is 27.2. The Bertz CT molecular complexity index is 1540. The van der Waals surface area contributed by atoms with E-state index in [1.54, 1.807) is 68.4 Å². The fraction of sp³-hybridized carbons (Fsp3) is 0.214. The van der Waals surface area contributed by atoms with Gasteiger partial charge in [0, 0.05) is 16.9 Å². The van der Waals surface area contributed by atoms with E-state index >= 15 is 0 Å². The third kappa shape index (κ3) is 5.98. The number of hydrogen-bond acceptors (Lipinski definition) is 7. The van der Waals surface area contributed by atoms with Gasteiger partial charge in [-0.2, -0.15) is 0 Å². The molecule has 1 amide bonds. The van der Waals surface area contributed by atoms with Crippen molar-refractivity contribution in [3.05, 3.63) is 83.2 Å². The summed E-state index contributed by atoms with van der Waals surface area (Å²) in [4.78, 5) is 25.2. The average molecular weight is 553 g/mol.